The highest BCUT2D eigenvalue weighted by Crippen LogP contribution is 2.14. The van der Waals surface area contributed by atoms with Crippen LogP contribution in [-0.4, -0.2) is 48.4 Å². The number of nitro groups is 1. The van der Waals surface area contributed by atoms with Crippen LogP contribution in [0, 0.1) is 10.1 Å². The van der Waals surface area contributed by atoms with Crippen molar-refractivity contribution in [1.82, 2.24) is 0 Å². The highest BCUT2D eigenvalue weighted by Gasteiger charge is 2.31. The van der Waals surface area contributed by atoms with E-state index in [1.807, 2.05) is 0 Å². The minimum atomic E-state index is -1.63. The van der Waals surface area contributed by atoms with E-state index in [0.717, 1.165) is 12.8 Å². The molecule has 0 radical (unpaired) electrons. The number of hydrogen-bond donors (Lipinski definition) is 1. The van der Waals surface area contributed by atoms with E-state index in [2.05, 4.69) is 0 Å². The monoisotopic (exact) mass is 237 g/mol. The molecule has 0 aliphatic carbocycles. The Morgan fingerprint density at radius 1 is 1.62 bits per heavy atom. The molecular weight excluding hydrogens is 221 g/mol. The van der Waals surface area contributed by atoms with Crippen LogP contribution in [0.25, 0.3) is 0 Å². The van der Waals surface area contributed by atoms with Crippen LogP contribution < -0.4 is 0 Å². The summed E-state index contributed by atoms with van der Waals surface area (Å²) in [6.07, 6.45) is 0.475. The van der Waals surface area contributed by atoms with Crippen molar-refractivity contribution in [2.75, 3.05) is 19.9 Å². The largest absolute Gasteiger partial charge is 0.383 e. The lowest BCUT2D eigenvalue weighted by Gasteiger charge is -2.23. The number of rotatable bonds is 6. The minimum absolute atomic E-state index is 0.331. The number of nitrogens with zero attached hydrogens (tertiary/aromatic N) is 1. The summed E-state index contributed by atoms with van der Waals surface area (Å²) >= 11 is 0. The van der Waals surface area contributed by atoms with Crippen molar-refractivity contribution < 1.29 is 23.9 Å². The fourth-order valence-corrected chi connectivity index (χ4v) is 1.46. The molecule has 1 aliphatic rings. The summed E-state index contributed by atoms with van der Waals surface area (Å²) in [5, 5.41) is 19.6. The number of ether oxygens (including phenoxy) is 2. The molecule has 0 aromatic heterocycles. The van der Waals surface area contributed by atoms with Crippen LogP contribution in [0.1, 0.15) is 19.3 Å². The molecule has 16 heavy (non-hydrogen) atoms. The van der Waals surface area contributed by atoms with Gasteiger partial charge in [0, 0.05) is 11.5 Å². The molecule has 3 unspecified atom stereocenters. The van der Waals surface area contributed by atoms with Crippen LogP contribution in [0.3, 0.4) is 0 Å². The Morgan fingerprint density at radius 2 is 2.38 bits per heavy atom. The Labute approximate surface area is 92.5 Å². The topological polar surface area (TPSA) is 81.8 Å². The third-order valence-corrected chi connectivity index (χ3v) is 2.46. The van der Waals surface area contributed by atoms with Gasteiger partial charge in [-0.3, -0.25) is 10.1 Å². The second-order valence-corrected chi connectivity index (χ2v) is 3.70. The van der Waals surface area contributed by atoms with Gasteiger partial charge in [0.15, 0.2) is 12.4 Å². The van der Waals surface area contributed by atoms with Gasteiger partial charge in [-0.05, 0) is 19.3 Å². The van der Waals surface area contributed by atoms with Crippen molar-refractivity contribution >= 4 is 0 Å². The van der Waals surface area contributed by atoms with Gasteiger partial charge in [0.2, 0.25) is 0 Å². The second-order valence-electron chi connectivity index (χ2n) is 3.70. The van der Waals surface area contributed by atoms with Crippen molar-refractivity contribution in [2.24, 2.45) is 0 Å². The number of alkyl halides is 1. The van der Waals surface area contributed by atoms with Gasteiger partial charge in [-0.15, -0.1) is 0 Å². The van der Waals surface area contributed by atoms with Crippen LogP contribution in [0.4, 0.5) is 4.39 Å². The Morgan fingerprint density at radius 3 is 2.88 bits per heavy atom. The molecule has 0 aromatic rings. The number of aliphatic hydroxyl groups excluding tert-OH is 1. The highest BCUT2D eigenvalue weighted by atomic mass is 19.1. The Balaban J connectivity index is 2.33. The van der Waals surface area contributed by atoms with Crippen LogP contribution >= 0.6 is 0 Å². The zero-order valence-corrected chi connectivity index (χ0v) is 8.88. The van der Waals surface area contributed by atoms with Gasteiger partial charge >= 0.3 is 0 Å². The molecule has 0 bridgehead atoms. The van der Waals surface area contributed by atoms with Gasteiger partial charge < -0.3 is 14.6 Å². The molecule has 7 heteroatoms. The fourth-order valence-electron chi connectivity index (χ4n) is 1.46. The molecular formula is C9H16FNO5. The van der Waals surface area contributed by atoms with Gasteiger partial charge in [-0.1, -0.05) is 0 Å². The lowest BCUT2D eigenvalue weighted by atomic mass is 10.2. The molecule has 94 valence electrons. The first-order chi connectivity index (χ1) is 7.65. The van der Waals surface area contributed by atoms with Gasteiger partial charge in [0.25, 0.3) is 6.04 Å². The van der Waals surface area contributed by atoms with E-state index in [1.54, 1.807) is 0 Å². The molecule has 1 saturated heterocycles. The summed E-state index contributed by atoms with van der Waals surface area (Å²) in [5.74, 6) is 0. The quantitative estimate of drug-likeness (QED) is 0.537. The summed E-state index contributed by atoms with van der Waals surface area (Å²) in [5.41, 5.74) is 0. The predicted molar refractivity (Wildman–Crippen MR) is 52.3 cm³/mol. The predicted octanol–water partition coefficient (Wildman–Crippen LogP) is 0.505. The standard InChI is InChI=1S/C9H16FNO5/c10-5-8(12)7(11(13)14)6-16-9-3-1-2-4-15-9/h7-9,12H,1-6H2. The van der Waals surface area contributed by atoms with Crippen LogP contribution in [0.5, 0.6) is 0 Å². The smallest absolute Gasteiger partial charge is 0.264 e. The summed E-state index contributed by atoms with van der Waals surface area (Å²) in [6, 6.07) is -1.43. The van der Waals surface area contributed by atoms with Crippen molar-refractivity contribution in [2.45, 2.75) is 37.7 Å². The van der Waals surface area contributed by atoms with E-state index in [9.17, 15) is 14.5 Å². The zero-order chi connectivity index (χ0) is 12.0. The lowest BCUT2D eigenvalue weighted by Crippen LogP contribution is -2.40. The number of hydrogen-bond acceptors (Lipinski definition) is 5. The Kier molecular flexibility index (Phi) is 5.58. The first-order valence-corrected chi connectivity index (χ1v) is 5.26. The minimum Gasteiger partial charge on any atom is -0.383 e. The van der Waals surface area contributed by atoms with E-state index in [-0.39, 0.29) is 6.61 Å². The van der Waals surface area contributed by atoms with Crippen molar-refractivity contribution in [3.05, 3.63) is 10.1 Å². The molecule has 1 heterocycles. The van der Waals surface area contributed by atoms with Gasteiger partial charge in [0.1, 0.15) is 13.3 Å². The van der Waals surface area contributed by atoms with Gasteiger partial charge in [-0.25, -0.2) is 4.39 Å². The molecule has 0 spiro atoms. The molecule has 1 rings (SSSR count). The van der Waals surface area contributed by atoms with Crippen molar-refractivity contribution in [3.8, 4) is 0 Å². The summed E-state index contributed by atoms with van der Waals surface area (Å²) in [4.78, 5) is 9.80. The number of aliphatic hydroxyl groups is 1. The van der Waals surface area contributed by atoms with Gasteiger partial charge in [0.05, 0.1) is 0 Å². The third kappa shape index (κ3) is 3.99. The second kappa shape index (κ2) is 6.72. The Hall–Kier alpha value is -0.790. The maximum Gasteiger partial charge on any atom is 0.264 e. The maximum atomic E-state index is 12.1. The van der Waals surface area contributed by atoms with Crippen molar-refractivity contribution in [3.63, 3.8) is 0 Å². The molecule has 6 nitrogen and oxygen atoms in total. The SMILES string of the molecule is O=[N+]([O-])C(COC1CCCCO1)C(O)CF. The molecule has 1 aliphatic heterocycles. The summed E-state index contributed by atoms with van der Waals surface area (Å²) < 4.78 is 22.5. The van der Waals surface area contributed by atoms with E-state index in [4.69, 9.17) is 14.6 Å². The molecule has 3 atom stereocenters. The van der Waals surface area contributed by atoms with Crippen LogP contribution in [0.2, 0.25) is 0 Å². The molecule has 0 amide bonds. The van der Waals surface area contributed by atoms with Crippen molar-refractivity contribution in [1.29, 1.82) is 0 Å². The number of halogens is 1. The summed E-state index contributed by atoms with van der Waals surface area (Å²) in [7, 11) is 0. The van der Waals surface area contributed by atoms with Crippen LogP contribution in [-0.2, 0) is 9.47 Å². The van der Waals surface area contributed by atoms with E-state index >= 15 is 0 Å². The van der Waals surface area contributed by atoms with E-state index < -0.39 is 30.0 Å². The first kappa shape index (κ1) is 13.3. The van der Waals surface area contributed by atoms with Crippen LogP contribution in [0.15, 0.2) is 0 Å². The maximum absolute atomic E-state index is 12.1. The Bertz CT molecular complexity index is 222. The molecule has 0 aromatic carbocycles. The average molecular weight is 237 g/mol. The van der Waals surface area contributed by atoms with E-state index in [0.29, 0.717) is 13.0 Å². The lowest BCUT2D eigenvalue weighted by molar-refractivity contribution is -0.540. The molecule has 0 saturated carbocycles. The summed E-state index contributed by atoms with van der Waals surface area (Å²) in [6.45, 7) is -0.914. The third-order valence-electron chi connectivity index (χ3n) is 2.46. The van der Waals surface area contributed by atoms with Gasteiger partial charge in [-0.2, -0.15) is 0 Å². The highest BCUT2D eigenvalue weighted by molar-refractivity contribution is 4.67. The first-order valence-electron chi connectivity index (χ1n) is 5.26. The van der Waals surface area contributed by atoms with E-state index in [1.165, 1.54) is 0 Å². The molecule has 1 fully saturated rings. The fraction of sp³-hybridized carbons (Fsp3) is 1.00. The average Bonchev–Trinajstić information content (AvgIpc) is 2.30. The normalized spacial score (nSPS) is 25.0. The molecule has 1 N–H and O–H groups in total. The zero-order valence-electron chi connectivity index (χ0n) is 8.88.